The second-order valence-electron chi connectivity index (χ2n) is 3.96. The summed E-state index contributed by atoms with van der Waals surface area (Å²) in [5.41, 5.74) is 2.75. The van der Waals surface area contributed by atoms with Gasteiger partial charge in [0.1, 0.15) is 0 Å². The van der Waals surface area contributed by atoms with Crippen LogP contribution in [0, 0.1) is 0 Å². The molecule has 1 aromatic heterocycles. The zero-order chi connectivity index (χ0) is 11.5. The quantitative estimate of drug-likeness (QED) is 0.910. The first-order valence-corrected chi connectivity index (χ1v) is 6.47. The standard InChI is InChI=1S/C13H17BrN2/c1-3-16-9-10(6-7-15-2)12-8-11(14)4-5-13(12)16/h4-5,8-9,15H,3,6-7H2,1-2H3. The summed E-state index contributed by atoms with van der Waals surface area (Å²) < 4.78 is 3.46. The third-order valence-corrected chi connectivity index (χ3v) is 3.40. The minimum absolute atomic E-state index is 1.02. The fraction of sp³-hybridized carbons (Fsp3) is 0.385. The number of benzene rings is 1. The van der Waals surface area contributed by atoms with E-state index in [1.165, 1.54) is 16.5 Å². The third kappa shape index (κ3) is 2.15. The summed E-state index contributed by atoms with van der Waals surface area (Å²) in [5, 5.41) is 4.57. The van der Waals surface area contributed by atoms with E-state index in [4.69, 9.17) is 0 Å². The maximum atomic E-state index is 3.54. The van der Waals surface area contributed by atoms with Gasteiger partial charge in [0.15, 0.2) is 0 Å². The van der Waals surface area contributed by atoms with E-state index in [1.807, 2.05) is 7.05 Å². The van der Waals surface area contributed by atoms with Gasteiger partial charge in [0, 0.05) is 28.1 Å². The van der Waals surface area contributed by atoms with Crippen molar-refractivity contribution in [3.8, 4) is 0 Å². The van der Waals surface area contributed by atoms with Gasteiger partial charge in [0.25, 0.3) is 0 Å². The second-order valence-corrected chi connectivity index (χ2v) is 4.87. The number of fused-ring (bicyclic) bond motifs is 1. The summed E-state index contributed by atoms with van der Waals surface area (Å²) in [6.07, 6.45) is 3.35. The molecular formula is C13H17BrN2. The number of nitrogens with one attached hydrogen (secondary N) is 1. The number of halogens is 1. The monoisotopic (exact) mass is 280 g/mol. The Morgan fingerprint density at radius 2 is 2.19 bits per heavy atom. The molecule has 0 atom stereocenters. The highest BCUT2D eigenvalue weighted by Gasteiger charge is 2.07. The van der Waals surface area contributed by atoms with Gasteiger partial charge >= 0.3 is 0 Å². The number of nitrogens with zero attached hydrogens (tertiary/aromatic N) is 1. The molecule has 0 aliphatic carbocycles. The minimum atomic E-state index is 1.02. The van der Waals surface area contributed by atoms with Crippen LogP contribution < -0.4 is 5.32 Å². The zero-order valence-electron chi connectivity index (χ0n) is 9.76. The molecule has 0 radical (unpaired) electrons. The predicted octanol–water partition coefficient (Wildman–Crippen LogP) is 3.19. The normalized spacial score (nSPS) is 11.2. The first-order valence-electron chi connectivity index (χ1n) is 5.68. The molecule has 0 aliphatic rings. The molecule has 1 heterocycles. The van der Waals surface area contributed by atoms with E-state index in [-0.39, 0.29) is 0 Å². The highest BCUT2D eigenvalue weighted by Crippen LogP contribution is 2.25. The van der Waals surface area contributed by atoms with Crippen molar-refractivity contribution in [2.24, 2.45) is 0 Å². The highest BCUT2D eigenvalue weighted by molar-refractivity contribution is 9.10. The van der Waals surface area contributed by atoms with E-state index < -0.39 is 0 Å². The average molecular weight is 281 g/mol. The summed E-state index contributed by atoms with van der Waals surface area (Å²) in [7, 11) is 1.99. The molecule has 0 amide bonds. The largest absolute Gasteiger partial charge is 0.347 e. The zero-order valence-corrected chi connectivity index (χ0v) is 11.3. The molecular weight excluding hydrogens is 264 g/mol. The fourth-order valence-corrected chi connectivity index (χ4v) is 2.42. The number of hydrogen-bond donors (Lipinski definition) is 1. The topological polar surface area (TPSA) is 17.0 Å². The molecule has 1 aromatic carbocycles. The predicted molar refractivity (Wildman–Crippen MR) is 72.9 cm³/mol. The Hall–Kier alpha value is -0.800. The fourth-order valence-electron chi connectivity index (χ4n) is 2.06. The van der Waals surface area contributed by atoms with E-state index in [2.05, 4.69) is 57.1 Å². The molecule has 0 saturated heterocycles. The van der Waals surface area contributed by atoms with E-state index in [9.17, 15) is 0 Å². The van der Waals surface area contributed by atoms with E-state index >= 15 is 0 Å². The van der Waals surface area contributed by atoms with Crippen LogP contribution in [-0.2, 0) is 13.0 Å². The van der Waals surface area contributed by atoms with Crippen LogP contribution in [0.4, 0.5) is 0 Å². The van der Waals surface area contributed by atoms with E-state index in [0.717, 1.165) is 24.0 Å². The molecule has 0 fully saturated rings. The average Bonchev–Trinajstić information content (AvgIpc) is 2.64. The maximum absolute atomic E-state index is 3.54. The van der Waals surface area contributed by atoms with Gasteiger partial charge in [-0.1, -0.05) is 15.9 Å². The minimum Gasteiger partial charge on any atom is -0.347 e. The summed E-state index contributed by atoms with van der Waals surface area (Å²) in [6, 6.07) is 6.51. The Bertz CT molecular complexity index is 488. The van der Waals surface area contributed by atoms with E-state index in [0.29, 0.717) is 0 Å². The Labute approximate surface area is 105 Å². The lowest BCUT2D eigenvalue weighted by molar-refractivity contribution is 0.770. The number of likely N-dealkylation sites (N-methyl/N-ethyl adjacent to an activating group) is 1. The Morgan fingerprint density at radius 3 is 2.88 bits per heavy atom. The van der Waals surface area contributed by atoms with Gasteiger partial charge in [-0.25, -0.2) is 0 Å². The number of hydrogen-bond acceptors (Lipinski definition) is 1. The molecule has 1 N–H and O–H groups in total. The summed E-state index contributed by atoms with van der Waals surface area (Å²) >= 11 is 3.54. The van der Waals surface area contributed by atoms with Crippen molar-refractivity contribution in [3.63, 3.8) is 0 Å². The van der Waals surface area contributed by atoms with Crippen molar-refractivity contribution in [3.05, 3.63) is 34.4 Å². The molecule has 2 aromatic rings. The third-order valence-electron chi connectivity index (χ3n) is 2.91. The smallest absolute Gasteiger partial charge is 0.0483 e. The molecule has 2 nitrogen and oxygen atoms in total. The van der Waals surface area contributed by atoms with Crippen LogP contribution in [0.25, 0.3) is 10.9 Å². The van der Waals surface area contributed by atoms with Crippen molar-refractivity contribution in [2.45, 2.75) is 19.9 Å². The van der Waals surface area contributed by atoms with Crippen molar-refractivity contribution < 1.29 is 0 Å². The van der Waals surface area contributed by atoms with Gasteiger partial charge in [-0.2, -0.15) is 0 Å². The maximum Gasteiger partial charge on any atom is 0.0483 e. The number of aryl methyl sites for hydroxylation is 1. The first-order chi connectivity index (χ1) is 7.76. The molecule has 0 bridgehead atoms. The second kappa shape index (κ2) is 5.02. The highest BCUT2D eigenvalue weighted by atomic mass is 79.9. The molecule has 16 heavy (non-hydrogen) atoms. The SMILES string of the molecule is CCn1cc(CCNC)c2cc(Br)ccc21. The van der Waals surface area contributed by atoms with Gasteiger partial charge in [0.2, 0.25) is 0 Å². The Kier molecular flexibility index (Phi) is 3.66. The lowest BCUT2D eigenvalue weighted by Gasteiger charge is -2.00. The summed E-state index contributed by atoms with van der Waals surface area (Å²) in [6.45, 7) is 4.23. The van der Waals surface area contributed by atoms with Crippen LogP contribution in [0.3, 0.4) is 0 Å². The van der Waals surface area contributed by atoms with Crippen LogP contribution in [0.15, 0.2) is 28.9 Å². The van der Waals surface area contributed by atoms with Gasteiger partial charge in [-0.3, -0.25) is 0 Å². The molecule has 3 heteroatoms. The van der Waals surface area contributed by atoms with Gasteiger partial charge in [-0.05, 0) is 50.7 Å². The van der Waals surface area contributed by atoms with Gasteiger partial charge in [0.05, 0.1) is 0 Å². The van der Waals surface area contributed by atoms with Crippen molar-refractivity contribution in [2.75, 3.05) is 13.6 Å². The van der Waals surface area contributed by atoms with Crippen molar-refractivity contribution >= 4 is 26.8 Å². The van der Waals surface area contributed by atoms with Crippen LogP contribution in [0.1, 0.15) is 12.5 Å². The Morgan fingerprint density at radius 1 is 1.38 bits per heavy atom. The molecule has 0 unspecified atom stereocenters. The molecule has 0 aliphatic heterocycles. The van der Waals surface area contributed by atoms with Crippen molar-refractivity contribution in [1.29, 1.82) is 0 Å². The van der Waals surface area contributed by atoms with Crippen LogP contribution >= 0.6 is 15.9 Å². The van der Waals surface area contributed by atoms with Gasteiger partial charge < -0.3 is 9.88 Å². The lowest BCUT2D eigenvalue weighted by atomic mass is 10.1. The van der Waals surface area contributed by atoms with Gasteiger partial charge in [-0.15, -0.1) is 0 Å². The van der Waals surface area contributed by atoms with Crippen LogP contribution in [0.2, 0.25) is 0 Å². The molecule has 0 spiro atoms. The Balaban J connectivity index is 2.50. The first kappa shape index (κ1) is 11.7. The lowest BCUT2D eigenvalue weighted by Crippen LogP contribution is -2.09. The molecule has 86 valence electrons. The van der Waals surface area contributed by atoms with Crippen LogP contribution in [0.5, 0.6) is 0 Å². The number of aromatic nitrogens is 1. The van der Waals surface area contributed by atoms with E-state index in [1.54, 1.807) is 0 Å². The van der Waals surface area contributed by atoms with Crippen LogP contribution in [-0.4, -0.2) is 18.2 Å². The molecule has 0 saturated carbocycles. The summed E-state index contributed by atoms with van der Waals surface area (Å²) in [4.78, 5) is 0. The number of rotatable bonds is 4. The van der Waals surface area contributed by atoms with Crippen molar-refractivity contribution in [1.82, 2.24) is 9.88 Å². The molecule has 2 rings (SSSR count). The summed E-state index contributed by atoms with van der Waals surface area (Å²) in [5.74, 6) is 0.